The van der Waals surface area contributed by atoms with Gasteiger partial charge in [0, 0.05) is 43.8 Å². The lowest BCUT2D eigenvalue weighted by molar-refractivity contribution is -0.130. The Balaban J connectivity index is 1.48. The van der Waals surface area contributed by atoms with Crippen LogP contribution in [0.1, 0.15) is 69.8 Å². The maximum Gasteiger partial charge on any atom is 0.312 e. The summed E-state index contributed by atoms with van der Waals surface area (Å²) in [5, 5.41) is 6.54. The number of hydrogen-bond acceptors (Lipinski definition) is 7. The van der Waals surface area contributed by atoms with Crippen molar-refractivity contribution in [2.24, 2.45) is 23.3 Å². The normalized spacial score (nSPS) is 12.8. The monoisotopic (exact) mass is 614 g/mol. The number of para-hydroxylation sites is 1. The zero-order chi connectivity index (χ0) is 32.5. The molecule has 4 aromatic rings. The first kappa shape index (κ1) is 33.4. The van der Waals surface area contributed by atoms with Crippen molar-refractivity contribution >= 4 is 45.5 Å². The van der Waals surface area contributed by atoms with Crippen molar-refractivity contribution in [3.63, 3.8) is 0 Å². The molecule has 240 valence electrons. The number of nitrogens with one attached hydrogen (secondary N) is 2. The Morgan fingerprint density at radius 1 is 0.956 bits per heavy atom. The third-order valence-electron chi connectivity index (χ3n) is 8.21. The van der Waals surface area contributed by atoms with Crippen LogP contribution in [0.3, 0.4) is 0 Å². The standard InChI is InChI=1S/C34H46N8O3/c1-4-5-12-28-41-30-31(25-10-6-7-11-26(25)40-32(30)36)42(28)20-23-15-13-22(14-16-23)19-39-33(44)24(9-8-17-38-34(37)45)18-27(43)29(35)21(2)3/h6-7,10-11,13-16,21,24,29H,4-5,8-9,12,17-20,35H2,1-3H3,(H2,36,40)(H,39,44)(H3,37,38,45)/t24-,29+/m1/s1. The van der Waals surface area contributed by atoms with E-state index in [0.29, 0.717) is 38.3 Å². The largest absolute Gasteiger partial charge is 0.382 e. The Morgan fingerprint density at radius 2 is 1.67 bits per heavy atom. The van der Waals surface area contributed by atoms with Crippen molar-refractivity contribution in [1.82, 2.24) is 25.2 Å². The molecule has 0 aliphatic carbocycles. The highest BCUT2D eigenvalue weighted by atomic mass is 16.2. The summed E-state index contributed by atoms with van der Waals surface area (Å²) in [7, 11) is 0. The van der Waals surface area contributed by atoms with Crippen LogP contribution in [0, 0.1) is 11.8 Å². The van der Waals surface area contributed by atoms with Gasteiger partial charge in [0.05, 0.1) is 17.1 Å². The number of primary amides is 1. The van der Waals surface area contributed by atoms with Crippen molar-refractivity contribution in [1.29, 1.82) is 0 Å². The molecule has 45 heavy (non-hydrogen) atoms. The second kappa shape index (κ2) is 15.5. The average molecular weight is 615 g/mol. The highest BCUT2D eigenvalue weighted by Gasteiger charge is 2.26. The van der Waals surface area contributed by atoms with E-state index in [2.05, 4.69) is 45.3 Å². The quantitative estimate of drug-likeness (QED) is 0.117. The van der Waals surface area contributed by atoms with Gasteiger partial charge >= 0.3 is 6.03 Å². The Labute approximate surface area is 264 Å². The van der Waals surface area contributed by atoms with E-state index >= 15 is 0 Å². The number of nitrogen functional groups attached to an aromatic ring is 1. The number of fused-ring (bicyclic) bond motifs is 3. The number of nitrogens with zero attached hydrogens (tertiary/aromatic N) is 3. The zero-order valence-electron chi connectivity index (χ0n) is 26.5. The molecule has 0 saturated carbocycles. The number of rotatable bonds is 16. The van der Waals surface area contributed by atoms with E-state index in [1.165, 1.54) is 0 Å². The zero-order valence-corrected chi connectivity index (χ0v) is 26.5. The Morgan fingerprint density at radius 3 is 2.36 bits per heavy atom. The number of amides is 3. The van der Waals surface area contributed by atoms with Crippen LogP contribution >= 0.6 is 0 Å². The van der Waals surface area contributed by atoms with Gasteiger partial charge in [-0.1, -0.05) is 69.7 Å². The lowest BCUT2D eigenvalue weighted by atomic mass is 9.90. The predicted octanol–water partition coefficient (Wildman–Crippen LogP) is 4.18. The molecule has 0 spiro atoms. The number of benzene rings is 2. The smallest absolute Gasteiger partial charge is 0.312 e. The molecular formula is C34H46N8O3. The van der Waals surface area contributed by atoms with Gasteiger partial charge in [-0.05, 0) is 42.4 Å². The molecule has 0 fully saturated rings. The summed E-state index contributed by atoms with van der Waals surface area (Å²) in [6, 6.07) is 14.9. The minimum atomic E-state index is -0.627. The number of Topliss-reactive ketones (excluding diaryl/α,β-unsaturated/α-hetero) is 1. The average Bonchev–Trinajstić information content (AvgIpc) is 3.39. The summed E-state index contributed by atoms with van der Waals surface area (Å²) in [6.45, 7) is 7.20. The Hall–Kier alpha value is -4.51. The summed E-state index contributed by atoms with van der Waals surface area (Å²) in [6.07, 6.45) is 3.91. The summed E-state index contributed by atoms with van der Waals surface area (Å²) in [4.78, 5) is 46.4. The van der Waals surface area contributed by atoms with E-state index < -0.39 is 18.0 Å². The van der Waals surface area contributed by atoms with Gasteiger partial charge in [0.1, 0.15) is 11.3 Å². The molecule has 3 amide bonds. The van der Waals surface area contributed by atoms with Gasteiger partial charge in [-0.15, -0.1) is 0 Å². The molecule has 2 atom stereocenters. The van der Waals surface area contributed by atoms with Crippen molar-refractivity contribution in [3.8, 4) is 0 Å². The SMILES string of the molecule is CCCCc1nc2c(N)nc3ccccc3c2n1Cc1ccc(CNC(=O)[C@H](CCCNC(N)=O)CC(=O)[C@@H](N)C(C)C)cc1. The molecule has 0 aliphatic heterocycles. The lowest BCUT2D eigenvalue weighted by Crippen LogP contribution is -2.39. The third-order valence-corrected chi connectivity index (χ3v) is 8.21. The number of aryl methyl sites for hydroxylation is 1. The summed E-state index contributed by atoms with van der Waals surface area (Å²) < 4.78 is 2.25. The summed E-state index contributed by atoms with van der Waals surface area (Å²) in [5.74, 6) is 0.480. The van der Waals surface area contributed by atoms with Crippen molar-refractivity contribution in [3.05, 3.63) is 65.5 Å². The van der Waals surface area contributed by atoms with Crippen LogP contribution in [-0.4, -0.2) is 44.8 Å². The van der Waals surface area contributed by atoms with E-state index in [9.17, 15) is 14.4 Å². The van der Waals surface area contributed by atoms with Crippen LogP contribution in [-0.2, 0) is 29.1 Å². The molecule has 0 unspecified atom stereocenters. The van der Waals surface area contributed by atoms with Gasteiger partial charge in [0.25, 0.3) is 0 Å². The van der Waals surface area contributed by atoms with Crippen LogP contribution in [0.25, 0.3) is 21.9 Å². The number of urea groups is 1. The molecule has 0 bridgehead atoms. The molecule has 8 N–H and O–H groups in total. The number of imidazole rings is 1. The number of hydrogen-bond donors (Lipinski definition) is 5. The maximum atomic E-state index is 13.2. The molecule has 0 radical (unpaired) electrons. The van der Waals surface area contributed by atoms with Gasteiger partial charge in [0.2, 0.25) is 5.91 Å². The van der Waals surface area contributed by atoms with Gasteiger partial charge in [0.15, 0.2) is 11.6 Å². The number of aromatic nitrogens is 3. The maximum absolute atomic E-state index is 13.2. The van der Waals surface area contributed by atoms with Crippen LogP contribution < -0.4 is 27.8 Å². The molecule has 2 heterocycles. The van der Waals surface area contributed by atoms with Gasteiger partial charge in [-0.2, -0.15) is 0 Å². The molecule has 0 saturated heterocycles. The highest BCUT2D eigenvalue weighted by Crippen LogP contribution is 2.30. The van der Waals surface area contributed by atoms with E-state index in [0.717, 1.165) is 58.2 Å². The second-order valence-corrected chi connectivity index (χ2v) is 12.0. The van der Waals surface area contributed by atoms with Crippen LogP contribution in [0.4, 0.5) is 10.6 Å². The van der Waals surface area contributed by atoms with Crippen molar-refractivity contribution < 1.29 is 14.4 Å². The number of ketones is 1. The molecule has 11 heteroatoms. The Bertz CT molecular complexity index is 1630. The number of carbonyl (C=O) groups excluding carboxylic acids is 3. The van der Waals surface area contributed by atoms with E-state index in [-0.39, 0.29) is 24.0 Å². The van der Waals surface area contributed by atoms with Crippen LogP contribution in [0.2, 0.25) is 0 Å². The Kier molecular flexibility index (Phi) is 11.5. The first-order valence-electron chi connectivity index (χ1n) is 15.8. The van der Waals surface area contributed by atoms with Gasteiger partial charge in [-0.3, -0.25) is 9.59 Å². The number of carbonyl (C=O) groups is 3. The fourth-order valence-corrected chi connectivity index (χ4v) is 5.52. The molecular weight excluding hydrogens is 568 g/mol. The fourth-order valence-electron chi connectivity index (χ4n) is 5.52. The second-order valence-electron chi connectivity index (χ2n) is 12.0. The number of pyridine rings is 1. The molecule has 2 aromatic heterocycles. The van der Waals surface area contributed by atoms with Crippen molar-refractivity contribution in [2.45, 2.75) is 78.4 Å². The van der Waals surface area contributed by atoms with Crippen molar-refractivity contribution in [2.75, 3.05) is 12.3 Å². The van der Waals surface area contributed by atoms with Gasteiger partial charge in [-0.25, -0.2) is 14.8 Å². The minimum absolute atomic E-state index is 0.0213. The van der Waals surface area contributed by atoms with Crippen LogP contribution in [0.5, 0.6) is 0 Å². The fraction of sp³-hybridized carbons (Fsp3) is 0.441. The van der Waals surface area contributed by atoms with E-state index in [1.807, 2.05) is 44.2 Å². The lowest BCUT2D eigenvalue weighted by Gasteiger charge is -2.20. The number of anilines is 1. The van der Waals surface area contributed by atoms with Crippen LogP contribution in [0.15, 0.2) is 48.5 Å². The number of nitrogens with two attached hydrogens (primary N) is 3. The molecule has 2 aromatic carbocycles. The van der Waals surface area contributed by atoms with E-state index in [4.69, 9.17) is 22.2 Å². The molecule has 4 rings (SSSR count). The highest BCUT2D eigenvalue weighted by molar-refractivity contribution is 6.06. The molecule has 0 aliphatic rings. The first-order chi connectivity index (χ1) is 21.6. The van der Waals surface area contributed by atoms with E-state index in [1.54, 1.807) is 0 Å². The predicted molar refractivity (Wildman–Crippen MR) is 178 cm³/mol. The number of unbranched alkanes of at least 4 members (excludes halogenated alkanes) is 1. The topological polar surface area (TPSA) is 184 Å². The minimum Gasteiger partial charge on any atom is -0.382 e. The summed E-state index contributed by atoms with van der Waals surface area (Å²) >= 11 is 0. The third kappa shape index (κ3) is 8.57. The first-order valence-corrected chi connectivity index (χ1v) is 15.8. The molecule has 11 nitrogen and oxygen atoms in total. The van der Waals surface area contributed by atoms with Gasteiger partial charge < -0.3 is 32.4 Å². The summed E-state index contributed by atoms with van der Waals surface area (Å²) in [5.41, 5.74) is 22.2.